The number of anilines is 1. The van der Waals surface area contributed by atoms with E-state index in [1.807, 2.05) is 6.92 Å². The number of nitrogens with zero attached hydrogens (tertiary/aromatic N) is 1. The predicted molar refractivity (Wildman–Crippen MR) is 80.5 cm³/mol. The molecule has 0 fully saturated rings. The molecule has 7 heteroatoms. The van der Waals surface area contributed by atoms with E-state index in [1.54, 1.807) is 6.92 Å². The van der Waals surface area contributed by atoms with Crippen LogP contribution in [0.4, 0.5) is 11.4 Å². The third-order valence-corrected chi connectivity index (χ3v) is 3.06. The van der Waals surface area contributed by atoms with Crippen molar-refractivity contribution < 1.29 is 14.8 Å². The maximum Gasteiger partial charge on any atom is 0.293 e. The first-order valence-corrected chi connectivity index (χ1v) is 6.98. The summed E-state index contributed by atoms with van der Waals surface area (Å²) >= 11 is 0. The highest BCUT2D eigenvalue weighted by atomic mass is 16.6. The number of nitro benzene ring substituents is 1. The van der Waals surface area contributed by atoms with Crippen LogP contribution in [0.15, 0.2) is 18.2 Å². The van der Waals surface area contributed by atoms with Crippen molar-refractivity contribution in [3.8, 4) is 0 Å². The van der Waals surface area contributed by atoms with Crippen LogP contribution in [0.1, 0.15) is 37.0 Å². The number of amides is 1. The van der Waals surface area contributed by atoms with Gasteiger partial charge < -0.3 is 15.7 Å². The molecule has 0 aliphatic heterocycles. The van der Waals surface area contributed by atoms with Crippen LogP contribution in [0.25, 0.3) is 0 Å². The van der Waals surface area contributed by atoms with Crippen LogP contribution in [0.3, 0.4) is 0 Å². The van der Waals surface area contributed by atoms with Crippen LogP contribution in [0.5, 0.6) is 0 Å². The maximum absolute atomic E-state index is 11.7. The first kappa shape index (κ1) is 16.9. The van der Waals surface area contributed by atoms with Gasteiger partial charge in [0.05, 0.1) is 11.0 Å². The summed E-state index contributed by atoms with van der Waals surface area (Å²) in [4.78, 5) is 22.3. The van der Waals surface area contributed by atoms with Crippen LogP contribution >= 0.6 is 0 Å². The Morgan fingerprint density at radius 2 is 2.14 bits per heavy atom. The van der Waals surface area contributed by atoms with Crippen molar-refractivity contribution >= 4 is 17.3 Å². The zero-order valence-corrected chi connectivity index (χ0v) is 12.3. The first-order chi connectivity index (χ1) is 9.99. The van der Waals surface area contributed by atoms with Crippen LogP contribution in [-0.2, 0) is 0 Å². The molecule has 0 radical (unpaired) electrons. The van der Waals surface area contributed by atoms with Crippen LogP contribution in [-0.4, -0.2) is 35.1 Å². The highest BCUT2D eigenvalue weighted by Crippen LogP contribution is 2.25. The fourth-order valence-electron chi connectivity index (χ4n) is 1.81. The second-order valence-electron chi connectivity index (χ2n) is 4.63. The van der Waals surface area contributed by atoms with Gasteiger partial charge in [0.1, 0.15) is 5.69 Å². The van der Waals surface area contributed by atoms with E-state index < -0.39 is 11.0 Å². The molecule has 0 saturated carbocycles. The summed E-state index contributed by atoms with van der Waals surface area (Å²) < 4.78 is 0. The highest BCUT2D eigenvalue weighted by Gasteiger charge is 2.17. The Labute approximate surface area is 123 Å². The maximum atomic E-state index is 11.7. The molecule has 0 bridgehead atoms. The molecule has 0 aliphatic carbocycles. The topological polar surface area (TPSA) is 104 Å². The van der Waals surface area contributed by atoms with Crippen LogP contribution < -0.4 is 10.6 Å². The molecule has 0 spiro atoms. The molecule has 0 aromatic heterocycles. The van der Waals surface area contributed by atoms with Crippen molar-refractivity contribution in [2.45, 2.75) is 32.8 Å². The average Bonchev–Trinajstić information content (AvgIpc) is 2.47. The first-order valence-electron chi connectivity index (χ1n) is 6.98. The molecule has 1 aromatic carbocycles. The molecule has 116 valence electrons. The van der Waals surface area contributed by atoms with Gasteiger partial charge in [-0.2, -0.15) is 0 Å². The van der Waals surface area contributed by atoms with E-state index in [4.69, 9.17) is 0 Å². The molecule has 21 heavy (non-hydrogen) atoms. The number of aliphatic hydroxyl groups is 1. The van der Waals surface area contributed by atoms with Crippen molar-refractivity contribution in [1.29, 1.82) is 0 Å². The van der Waals surface area contributed by atoms with Gasteiger partial charge in [0.25, 0.3) is 11.6 Å². The van der Waals surface area contributed by atoms with Crippen molar-refractivity contribution in [2.24, 2.45) is 0 Å². The fourth-order valence-corrected chi connectivity index (χ4v) is 1.81. The Bertz CT molecular complexity index is 505. The molecule has 0 saturated heterocycles. The average molecular weight is 295 g/mol. The fraction of sp³-hybridized carbons (Fsp3) is 0.500. The zero-order valence-electron chi connectivity index (χ0n) is 12.3. The molecule has 1 amide bonds. The van der Waals surface area contributed by atoms with E-state index in [0.717, 1.165) is 0 Å². The van der Waals surface area contributed by atoms with Gasteiger partial charge in [-0.25, -0.2) is 0 Å². The number of aliphatic hydroxyl groups excluding tert-OH is 1. The molecule has 0 heterocycles. The van der Waals surface area contributed by atoms with E-state index in [9.17, 15) is 20.0 Å². The minimum Gasteiger partial charge on any atom is -0.393 e. The summed E-state index contributed by atoms with van der Waals surface area (Å²) in [6.07, 6.45) is 0.720. The van der Waals surface area contributed by atoms with Crippen molar-refractivity contribution in [3.63, 3.8) is 0 Å². The van der Waals surface area contributed by atoms with Gasteiger partial charge in [-0.15, -0.1) is 0 Å². The normalized spacial score (nSPS) is 11.8. The molecule has 3 N–H and O–H groups in total. The summed E-state index contributed by atoms with van der Waals surface area (Å²) in [6.45, 7) is 4.54. The molecule has 7 nitrogen and oxygen atoms in total. The lowest BCUT2D eigenvalue weighted by atomic mass is 10.1. The predicted octanol–water partition coefficient (Wildman–Crippen LogP) is 1.92. The largest absolute Gasteiger partial charge is 0.393 e. The number of nitrogens with one attached hydrogen (secondary N) is 2. The lowest BCUT2D eigenvalue weighted by Crippen LogP contribution is -2.22. The molecular weight excluding hydrogens is 274 g/mol. The van der Waals surface area contributed by atoms with Gasteiger partial charge in [0, 0.05) is 24.7 Å². The number of hydrogen-bond donors (Lipinski definition) is 3. The summed E-state index contributed by atoms with van der Waals surface area (Å²) in [5.74, 6) is -0.339. The zero-order chi connectivity index (χ0) is 15.8. The van der Waals surface area contributed by atoms with E-state index in [0.29, 0.717) is 31.6 Å². The molecule has 0 aliphatic rings. The smallest absolute Gasteiger partial charge is 0.293 e. The SMILES string of the molecule is CCNC(=O)c1ccc(NCCC(O)CC)c([N+](=O)[O-])c1. The van der Waals surface area contributed by atoms with E-state index in [2.05, 4.69) is 10.6 Å². The van der Waals surface area contributed by atoms with Crippen molar-refractivity contribution in [3.05, 3.63) is 33.9 Å². The number of carbonyl (C=O) groups excluding carboxylic acids is 1. The highest BCUT2D eigenvalue weighted by molar-refractivity contribution is 5.95. The van der Waals surface area contributed by atoms with E-state index >= 15 is 0 Å². The molecule has 1 aromatic rings. The second kappa shape index (κ2) is 8.21. The summed E-state index contributed by atoms with van der Waals surface area (Å²) in [7, 11) is 0. The Kier molecular flexibility index (Phi) is 6.61. The van der Waals surface area contributed by atoms with E-state index in [-0.39, 0.29) is 17.2 Å². The number of rotatable bonds is 8. The Morgan fingerprint density at radius 1 is 1.43 bits per heavy atom. The number of hydrogen-bond acceptors (Lipinski definition) is 5. The third-order valence-electron chi connectivity index (χ3n) is 3.06. The Balaban J connectivity index is 2.84. The molecular formula is C14H21N3O4. The molecule has 1 atom stereocenters. The number of benzene rings is 1. The van der Waals surface area contributed by atoms with Crippen molar-refractivity contribution in [2.75, 3.05) is 18.4 Å². The summed E-state index contributed by atoms with van der Waals surface area (Å²) in [6, 6.07) is 4.31. The summed E-state index contributed by atoms with van der Waals surface area (Å²) in [5.41, 5.74) is 0.448. The minimum atomic E-state index is -0.526. The van der Waals surface area contributed by atoms with Gasteiger partial charge >= 0.3 is 0 Å². The minimum absolute atomic E-state index is 0.148. The molecule has 1 rings (SSSR count). The standard InChI is InChI=1S/C14H21N3O4/c1-3-11(18)7-8-16-12-6-5-10(14(19)15-4-2)9-13(12)17(20)21/h5-6,9,11,16,18H,3-4,7-8H2,1-2H3,(H,15,19). The van der Waals surface area contributed by atoms with Crippen molar-refractivity contribution in [1.82, 2.24) is 5.32 Å². The van der Waals surface area contributed by atoms with Gasteiger partial charge in [-0.1, -0.05) is 6.92 Å². The number of nitro groups is 1. The van der Waals surface area contributed by atoms with Crippen LogP contribution in [0, 0.1) is 10.1 Å². The lowest BCUT2D eigenvalue weighted by molar-refractivity contribution is -0.384. The summed E-state index contributed by atoms with van der Waals surface area (Å²) in [5, 5.41) is 26.1. The molecule has 1 unspecified atom stereocenters. The van der Waals surface area contributed by atoms with Crippen LogP contribution in [0.2, 0.25) is 0 Å². The van der Waals surface area contributed by atoms with Gasteiger partial charge in [-0.05, 0) is 31.9 Å². The van der Waals surface area contributed by atoms with Gasteiger partial charge in [0.2, 0.25) is 0 Å². The van der Waals surface area contributed by atoms with Gasteiger partial charge in [0.15, 0.2) is 0 Å². The second-order valence-corrected chi connectivity index (χ2v) is 4.63. The Hall–Kier alpha value is -2.15. The van der Waals surface area contributed by atoms with E-state index in [1.165, 1.54) is 18.2 Å². The lowest BCUT2D eigenvalue weighted by Gasteiger charge is -2.11. The third kappa shape index (κ3) is 5.03. The van der Waals surface area contributed by atoms with Gasteiger partial charge in [-0.3, -0.25) is 14.9 Å². The monoisotopic (exact) mass is 295 g/mol. The Morgan fingerprint density at radius 3 is 2.71 bits per heavy atom. The number of carbonyl (C=O) groups is 1. The quantitative estimate of drug-likeness (QED) is 0.502.